The lowest BCUT2D eigenvalue weighted by Gasteiger charge is -2.20. The van der Waals surface area contributed by atoms with Crippen LogP contribution in [0.25, 0.3) is 0 Å². The standard InChI is InChI=1S/C9H15N3O4/c1-4(10)9-11-2-5(12-9)7(15)8(16)6(14)3-13/h2,6-8,10,13-16H,3H2,1H3,(H,11,12). The summed E-state index contributed by atoms with van der Waals surface area (Å²) in [5.74, 6) is 0.278. The quantitative estimate of drug-likeness (QED) is 0.343. The lowest BCUT2D eigenvalue weighted by atomic mass is 10.1. The SMILES string of the molecule is CC(=N)c1ncc(C(O)C(O)C(O)CO)[nH]1. The first-order valence-electron chi connectivity index (χ1n) is 4.72. The first-order valence-corrected chi connectivity index (χ1v) is 4.72. The first-order chi connectivity index (χ1) is 7.47. The van der Waals surface area contributed by atoms with Crippen LogP contribution in [0, 0.1) is 5.41 Å². The molecule has 6 N–H and O–H groups in total. The number of nitrogens with one attached hydrogen (secondary N) is 2. The van der Waals surface area contributed by atoms with Crippen LogP contribution in [0.1, 0.15) is 24.5 Å². The third-order valence-electron chi connectivity index (χ3n) is 2.17. The number of imidazole rings is 1. The largest absolute Gasteiger partial charge is 0.394 e. The minimum Gasteiger partial charge on any atom is -0.394 e. The van der Waals surface area contributed by atoms with Crippen molar-refractivity contribution in [3.8, 4) is 0 Å². The van der Waals surface area contributed by atoms with Gasteiger partial charge in [-0.15, -0.1) is 0 Å². The van der Waals surface area contributed by atoms with E-state index >= 15 is 0 Å². The van der Waals surface area contributed by atoms with E-state index in [1.54, 1.807) is 0 Å². The number of rotatable bonds is 5. The fraction of sp³-hybridized carbons (Fsp3) is 0.556. The van der Waals surface area contributed by atoms with Gasteiger partial charge >= 0.3 is 0 Å². The van der Waals surface area contributed by atoms with Crippen LogP contribution in [-0.2, 0) is 0 Å². The third-order valence-corrected chi connectivity index (χ3v) is 2.17. The Hall–Kier alpha value is -1.28. The van der Waals surface area contributed by atoms with Crippen molar-refractivity contribution in [3.05, 3.63) is 17.7 Å². The monoisotopic (exact) mass is 229 g/mol. The third kappa shape index (κ3) is 2.64. The van der Waals surface area contributed by atoms with Gasteiger partial charge in [-0.25, -0.2) is 4.98 Å². The second kappa shape index (κ2) is 5.17. The predicted octanol–water partition coefficient (Wildman–Crippen LogP) is -1.46. The fourth-order valence-electron chi connectivity index (χ4n) is 1.18. The summed E-state index contributed by atoms with van der Waals surface area (Å²) < 4.78 is 0. The molecule has 1 rings (SSSR count). The molecule has 0 aliphatic heterocycles. The predicted molar refractivity (Wildman–Crippen MR) is 55.1 cm³/mol. The van der Waals surface area contributed by atoms with Crippen LogP contribution in [0.5, 0.6) is 0 Å². The van der Waals surface area contributed by atoms with Gasteiger partial charge in [-0.05, 0) is 6.92 Å². The molecule has 0 spiro atoms. The van der Waals surface area contributed by atoms with E-state index in [1.165, 1.54) is 13.1 Å². The fourth-order valence-corrected chi connectivity index (χ4v) is 1.18. The molecule has 0 bridgehead atoms. The molecule has 16 heavy (non-hydrogen) atoms. The molecule has 1 heterocycles. The van der Waals surface area contributed by atoms with E-state index in [-0.39, 0.29) is 17.2 Å². The Morgan fingerprint density at radius 1 is 1.50 bits per heavy atom. The smallest absolute Gasteiger partial charge is 0.150 e. The van der Waals surface area contributed by atoms with E-state index in [0.717, 1.165) is 0 Å². The van der Waals surface area contributed by atoms with Crippen LogP contribution in [0.3, 0.4) is 0 Å². The summed E-state index contributed by atoms with van der Waals surface area (Å²) in [6, 6.07) is 0. The minimum atomic E-state index is -1.51. The normalized spacial score (nSPS) is 16.8. The number of aromatic amines is 1. The molecule has 0 saturated carbocycles. The molecule has 0 aliphatic carbocycles. The van der Waals surface area contributed by atoms with Crippen molar-refractivity contribution in [2.45, 2.75) is 25.2 Å². The Kier molecular flexibility index (Phi) is 4.13. The highest BCUT2D eigenvalue weighted by Gasteiger charge is 2.26. The molecule has 3 atom stereocenters. The number of aromatic nitrogens is 2. The number of H-pyrrole nitrogens is 1. The highest BCUT2D eigenvalue weighted by atomic mass is 16.4. The van der Waals surface area contributed by atoms with Gasteiger partial charge < -0.3 is 30.8 Å². The lowest BCUT2D eigenvalue weighted by Crippen LogP contribution is -2.34. The number of nitrogens with zero attached hydrogens (tertiary/aromatic N) is 1. The van der Waals surface area contributed by atoms with Crippen LogP contribution in [0.15, 0.2) is 6.20 Å². The lowest BCUT2D eigenvalue weighted by molar-refractivity contribution is -0.0788. The molecule has 3 unspecified atom stereocenters. The van der Waals surface area contributed by atoms with Gasteiger partial charge in [0.2, 0.25) is 0 Å². The van der Waals surface area contributed by atoms with Crippen molar-refractivity contribution in [1.29, 1.82) is 5.41 Å². The average Bonchev–Trinajstić information content (AvgIpc) is 2.75. The highest BCUT2D eigenvalue weighted by Crippen LogP contribution is 2.17. The molecule has 90 valence electrons. The van der Waals surface area contributed by atoms with Crippen molar-refractivity contribution in [1.82, 2.24) is 9.97 Å². The maximum Gasteiger partial charge on any atom is 0.150 e. The Morgan fingerprint density at radius 2 is 2.12 bits per heavy atom. The van der Waals surface area contributed by atoms with Crippen LogP contribution in [-0.4, -0.2) is 54.9 Å². The van der Waals surface area contributed by atoms with E-state index in [9.17, 15) is 10.2 Å². The zero-order valence-corrected chi connectivity index (χ0v) is 8.75. The summed E-state index contributed by atoms with van der Waals surface area (Å²) in [4.78, 5) is 6.44. The molecule has 0 saturated heterocycles. The molecule has 0 aliphatic rings. The van der Waals surface area contributed by atoms with E-state index in [2.05, 4.69) is 9.97 Å². The van der Waals surface area contributed by atoms with Crippen LogP contribution in [0.4, 0.5) is 0 Å². The first kappa shape index (κ1) is 12.8. The van der Waals surface area contributed by atoms with Gasteiger partial charge in [0.25, 0.3) is 0 Å². The molecule has 0 amide bonds. The van der Waals surface area contributed by atoms with Gasteiger partial charge in [0.1, 0.15) is 18.3 Å². The van der Waals surface area contributed by atoms with E-state index in [1.807, 2.05) is 0 Å². The number of aliphatic hydroxyl groups excluding tert-OH is 4. The molecule has 0 fully saturated rings. The van der Waals surface area contributed by atoms with Gasteiger partial charge in [-0.3, -0.25) is 0 Å². The molecular weight excluding hydrogens is 214 g/mol. The molecule has 7 nitrogen and oxygen atoms in total. The number of aliphatic hydroxyl groups is 4. The van der Waals surface area contributed by atoms with Gasteiger partial charge in [0, 0.05) is 0 Å². The Labute approximate surface area is 91.9 Å². The van der Waals surface area contributed by atoms with Crippen molar-refractivity contribution in [2.75, 3.05) is 6.61 Å². The maximum absolute atomic E-state index is 9.62. The zero-order chi connectivity index (χ0) is 12.3. The van der Waals surface area contributed by atoms with Gasteiger partial charge in [0.15, 0.2) is 5.82 Å². The summed E-state index contributed by atoms with van der Waals surface area (Å²) in [6.45, 7) is 0.872. The number of hydrogen-bond acceptors (Lipinski definition) is 6. The van der Waals surface area contributed by atoms with Crippen LogP contribution in [0.2, 0.25) is 0 Å². The van der Waals surface area contributed by atoms with Gasteiger partial charge in [-0.2, -0.15) is 0 Å². The summed E-state index contributed by atoms with van der Waals surface area (Å²) in [5, 5.41) is 44.1. The summed E-state index contributed by atoms with van der Waals surface area (Å²) in [5.41, 5.74) is 0.372. The van der Waals surface area contributed by atoms with E-state index in [4.69, 9.17) is 15.6 Å². The van der Waals surface area contributed by atoms with Crippen molar-refractivity contribution in [3.63, 3.8) is 0 Å². The van der Waals surface area contributed by atoms with Crippen molar-refractivity contribution in [2.24, 2.45) is 0 Å². The second-order valence-corrected chi connectivity index (χ2v) is 3.50. The molecular formula is C9H15N3O4. The molecule has 0 aromatic carbocycles. The second-order valence-electron chi connectivity index (χ2n) is 3.50. The molecule has 1 aromatic heterocycles. The summed E-state index contributed by atoms with van der Waals surface area (Å²) in [7, 11) is 0. The Morgan fingerprint density at radius 3 is 2.56 bits per heavy atom. The van der Waals surface area contributed by atoms with Gasteiger partial charge in [0.05, 0.1) is 24.2 Å². The number of hydrogen-bond donors (Lipinski definition) is 6. The summed E-state index contributed by atoms with van der Waals surface area (Å²) in [6.07, 6.45) is -3.05. The van der Waals surface area contributed by atoms with Crippen LogP contribution >= 0.6 is 0 Å². The molecule has 1 aromatic rings. The van der Waals surface area contributed by atoms with E-state index < -0.39 is 24.9 Å². The molecule has 0 radical (unpaired) electrons. The van der Waals surface area contributed by atoms with E-state index in [0.29, 0.717) is 0 Å². The topological polar surface area (TPSA) is 133 Å². The molecule has 7 heteroatoms. The Bertz CT molecular complexity index is 365. The minimum absolute atomic E-state index is 0.182. The zero-order valence-electron chi connectivity index (χ0n) is 8.75. The maximum atomic E-state index is 9.62. The Balaban J connectivity index is 2.79. The highest BCUT2D eigenvalue weighted by molar-refractivity contribution is 5.92. The van der Waals surface area contributed by atoms with Crippen molar-refractivity contribution >= 4 is 5.71 Å². The van der Waals surface area contributed by atoms with Gasteiger partial charge in [-0.1, -0.05) is 0 Å². The summed E-state index contributed by atoms with van der Waals surface area (Å²) >= 11 is 0. The average molecular weight is 229 g/mol. The van der Waals surface area contributed by atoms with Crippen molar-refractivity contribution < 1.29 is 20.4 Å². The van der Waals surface area contributed by atoms with Crippen LogP contribution < -0.4 is 0 Å².